The SMILES string of the molecule is COC(=O)C=Cc1cccc(-n2c(=O)c(Cc3cccnc3)nc3cccnc32)c1. The second kappa shape index (κ2) is 8.48. The van der Waals surface area contributed by atoms with Gasteiger partial charge in [0.15, 0.2) is 5.65 Å². The van der Waals surface area contributed by atoms with E-state index in [4.69, 9.17) is 0 Å². The summed E-state index contributed by atoms with van der Waals surface area (Å²) in [6.07, 6.45) is 8.36. The molecule has 0 aliphatic heterocycles. The minimum atomic E-state index is -0.452. The van der Waals surface area contributed by atoms with Crippen molar-refractivity contribution < 1.29 is 9.53 Å². The molecule has 0 unspecified atom stereocenters. The second-order valence-electron chi connectivity index (χ2n) is 6.53. The smallest absolute Gasteiger partial charge is 0.330 e. The highest BCUT2D eigenvalue weighted by Gasteiger charge is 2.14. The molecule has 0 fully saturated rings. The molecule has 0 bridgehead atoms. The van der Waals surface area contributed by atoms with E-state index >= 15 is 0 Å². The van der Waals surface area contributed by atoms with Crippen molar-refractivity contribution in [2.75, 3.05) is 7.11 Å². The zero-order valence-corrected chi connectivity index (χ0v) is 16.2. The molecule has 0 spiro atoms. The summed E-state index contributed by atoms with van der Waals surface area (Å²) in [6.45, 7) is 0. The molecular weight excluding hydrogens is 380 g/mol. The summed E-state index contributed by atoms with van der Waals surface area (Å²) in [5.41, 5.74) is 3.51. The van der Waals surface area contributed by atoms with E-state index in [-0.39, 0.29) is 5.56 Å². The van der Waals surface area contributed by atoms with Crippen LogP contribution in [0.4, 0.5) is 0 Å². The molecule has 0 aliphatic rings. The maximum atomic E-state index is 13.4. The number of carbonyl (C=O) groups is 1. The molecule has 4 rings (SSSR count). The molecule has 0 amide bonds. The summed E-state index contributed by atoms with van der Waals surface area (Å²) in [5, 5.41) is 0. The van der Waals surface area contributed by atoms with Crippen LogP contribution in [-0.4, -0.2) is 32.6 Å². The Balaban J connectivity index is 1.86. The number of pyridine rings is 2. The van der Waals surface area contributed by atoms with Crippen LogP contribution >= 0.6 is 0 Å². The third-order valence-corrected chi connectivity index (χ3v) is 4.52. The Kier molecular flexibility index (Phi) is 5.43. The van der Waals surface area contributed by atoms with Gasteiger partial charge in [0.05, 0.1) is 12.8 Å². The molecule has 7 nitrogen and oxygen atoms in total. The zero-order valence-electron chi connectivity index (χ0n) is 16.2. The van der Waals surface area contributed by atoms with Crippen LogP contribution < -0.4 is 5.56 Å². The van der Waals surface area contributed by atoms with Crippen molar-refractivity contribution in [3.63, 3.8) is 0 Å². The average Bonchev–Trinajstić information content (AvgIpc) is 2.79. The van der Waals surface area contributed by atoms with Crippen molar-refractivity contribution in [3.8, 4) is 5.69 Å². The van der Waals surface area contributed by atoms with Gasteiger partial charge >= 0.3 is 5.97 Å². The molecule has 7 heteroatoms. The number of fused-ring (bicyclic) bond motifs is 1. The summed E-state index contributed by atoms with van der Waals surface area (Å²) >= 11 is 0. The highest BCUT2D eigenvalue weighted by atomic mass is 16.5. The molecule has 4 aromatic rings. The van der Waals surface area contributed by atoms with Crippen LogP contribution in [0.25, 0.3) is 22.9 Å². The van der Waals surface area contributed by atoms with E-state index in [0.717, 1.165) is 11.1 Å². The van der Waals surface area contributed by atoms with E-state index in [1.54, 1.807) is 35.3 Å². The second-order valence-corrected chi connectivity index (χ2v) is 6.53. The molecule has 0 radical (unpaired) electrons. The monoisotopic (exact) mass is 398 g/mol. The fourth-order valence-corrected chi connectivity index (χ4v) is 3.12. The zero-order chi connectivity index (χ0) is 20.9. The van der Waals surface area contributed by atoms with Crippen molar-refractivity contribution in [1.82, 2.24) is 19.5 Å². The van der Waals surface area contributed by atoms with Crippen LogP contribution in [0, 0.1) is 0 Å². The van der Waals surface area contributed by atoms with Gasteiger partial charge in [-0.05, 0) is 47.5 Å². The van der Waals surface area contributed by atoms with Crippen molar-refractivity contribution in [1.29, 1.82) is 0 Å². The third-order valence-electron chi connectivity index (χ3n) is 4.52. The Bertz CT molecular complexity index is 1300. The number of carbonyl (C=O) groups excluding carboxylic acids is 1. The number of nitrogens with zero attached hydrogens (tertiary/aromatic N) is 4. The Morgan fingerprint density at radius 2 is 2.00 bits per heavy atom. The van der Waals surface area contributed by atoms with E-state index in [0.29, 0.717) is 29.0 Å². The molecule has 3 heterocycles. The summed E-state index contributed by atoms with van der Waals surface area (Å²) in [4.78, 5) is 37.8. The van der Waals surface area contributed by atoms with Crippen LogP contribution in [0.2, 0.25) is 0 Å². The molecule has 0 atom stereocenters. The summed E-state index contributed by atoms with van der Waals surface area (Å²) in [7, 11) is 1.32. The normalized spacial score (nSPS) is 11.1. The predicted molar refractivity (Wildman–Crippen MR) is 113 cm³/mol. The summed E-state index contributed by atoms with van der Waals surface area (Å²) in [6, 6.07) is 14.6. The number of benzene rings is 1. The van der Waals surface area contributed by atoms with Gasteiger partial charge in [-0.25, -0.2) is 14.8 Å². The minimum Gasteiger partial charge on any atom is -0.466 e. The Morgan fingerprint density at radius 1 is 1.13 bits per heavy atom. The van der Waals surface area contributed by atoms with E-state index in [1.807, 2.05) is 42.5 Å². The van der Waals surface area contributed by atoms with Crippen molar-refractivity contribution in [2.24, 2.45) is 0 Å². The van der Waals surface area contributed by atoms with E-state index in [2.05, 4.69) is 19.7 Å². The van der Waals surface area contributed by atoms with E-state index < -0.39 is 5.97 Å². The van der Waals surface area contributed by atoms with Gasteiger partial charge in [-0.1, -0.05) is 18.2 Å². The Labute approximate surface area is 172 Å². The lowest BCUT2D eigenvalue weighted by molar-refractivity contribution is -0.134. The Hall–Kier alpha value is -4.13. The van der Waals surface area contributed by atoms with Crippen LogP contribution in [0.5, 0.6) is 0 Å². The number of esters is 1. The molecule has 0 saturated carbocycles. The van der Waals surface area contributed by atoms with Gasteiger partial charge in [0.25, 0.3) is 5.56 Å². The number of aromatic nitrogens is 4. The van der Waals surface area contributed by atoms with Crippen LogP contribution in [0.1, 0.15) is 16.8 Å². The molecule has 148 valence electrons. The first-order valence-corrected chi connectivity index (χ1v) is 9.28. The topological polar surface area (TPSA) is 87.0 Å². The quantitative estimate of drug-likeness (QED) is 0.379. The van der Waals surface area contributed by atoms with Gasteiger partial charge in [0.2, 0.25) is 0 Å². The largest absolute Gasteiger partial charge is 0.466 e. The van der Waals surface area contributed by atoms with Gasteiger partial charge in [0, 0.05) is 31.1 Å². The fraction of sp³-hybridized carbons (Fsp3) is 0.0870. The summed E-state index contributed by atoms with van der Waals surface area (Å²) < 4.78 is 6.18. The third kappa shape index (κ3) is 4.00. The lowest BCUT2D eigenvalue weighted by atomic mass is 10.1. The molecule has 30 heavy (non-hydrogen) atoms. The lowest BCUT2D eigenvalue weighted by Gasteiger charge is -2.12. The van der Waals surface area contributed by atoms with Gasteiger partial charge in [0.1, 0.15) is 11.2 Å². The molecular formula is C23H18N4O3. The molecule has 0 N–H and O–H groups in total. The van der Waals surface area contributed by atoms with Gasteiger partial charge in [-0.2, -0.15) is 0 Å². The molecule has 3 aromatic heterocycles. The van der Waals surface area contributed by atoms with Crippen molar-refractivity contribution >= 4 is 23.2 Å². The highest BCUT2D eigenvalue weighted by Crippen LogP contribution is 2.17. The van der Waals surface area contributed by atoms with Gasteiger partial charge in [-0.15, -0.1) is 0 Å². The minimum absolute atomic E-state index is 0.251. The van der Waals surface area contributed by atoms with Crippen LogP contribution in [0.3, 0.4) is 0 Å². The van der Waals surface area contributed by atoms with Crippen molar-refractivity contribution in [2.45, 2.75) is 6.42 Å². The maximum absolute atomic E-state index is 13.4. The van der Waals surface area contributed by atoms with Gasteiger partial charge < -0.3 is 4.74 Å². The standard InChI is InChI=1S/C23H18N4O3/c1-30-21(28)10-9-16-5-2-7-18(13-16)27-22-19(8-4-12-25-22)26-20(23(27)29)14-17-6-3-11-24-15-17/h2-13,15H,14H2,1H3. The number of methoxy groups -OCH3 is 1. The fourth-order valence-electron chi connectivity index (χ4n) is 3.12. The molecule has 0 aliphatic carbocycles. The average molecular weight is 398 g/mol. The molecule has 1 aromatic carbocycles. The van der Waals surface area contributed by atoms with Crippen LogP contribution in [0.15, 0.2) is 78.0 Å². The van der Waals surface area contributed by atoms with Crippen LogP contribution in [-0.2, 0) is 16.0 Å². The Morgan fingerprint density at radius 3 is 2.80 bits per heavy atom. The highest BCUT2D eigenvalue weighted by molar-refractivity contribution is 5.87. The van der Waals surface area contributed by atoms with Gasteiger partial charge in [-0.3, -0.25) is 14.3 Å². The first kappa shape index (κ1) is 19.2. The summed E-state index contributed by atoms with van der Waals surface area (Å²) in [5.74, 6) is -0.452. The predicted octanol–water partition coefficient (Wildman–Crippen LogP) is 2.95. The first-order chi connectivity index (χ1) is 14.7. The first-order valence-electron chi connectivity index (χ1n) is 9.28. The van der Waals surface area contributed by atoms with E-state index in [9.17, 15) is 9.59 Å². The number of ether oxygens (including phenoxy) is 1. The lowest BCUT2D eigenvalue weighted by Crippen LogP contribution is -2.25. The maximum Gasteiger partial charge on any atom is 0.330 e. The number of hydrogen-bond donors (Lipinski definition) is 0. The van der Waals surface area contributed by atoms with E-state index in [1.165, 1.54) is 13.2 Å². The number of hydrogen-bond acceptors (Lipinski definition) is 6. The van der Waals surface area contributed by atoms with Crippen molar-refractivity contribution in [3.05, 3.63) is 100 Å². The molecule has 0 saturated heterocycles. The number of rotatable bonds is 5.